The molecule has 1 heterocycles. The zero-order valence-corrected chi connectivity index (χ0v) is 14.9. The van der Waals surface area contributed by atoms with Crippen LogP contribution in [0.5, 0.6) is 0 Å². The highest BCUT2D eigenvalue weighted by molar-refractivity contribution is 5.68. The van der Waals surface area contributed by atoms with E-state index in [2.05, 4.69) is 12.2 Å². The third kappa shape index (κ3) is 5.79. The predicted molar refractivity (Wildman–Crippen MR) is 90.0 cm³/mol. The molecule has 0 bridgehead atoms. The zero-order valence-electron chi connectivity index (χ0n) is 14.9. The third-order valence-corrected chi connectivity index (χ3v) is 4.89. The van der Waals surface area contributed by atoms with Crippen molar-refractivity contribution in [1.29, 1.82) is 0 Å². The summed E-state index contributed by atoms with van der Waals surface area (Å²) >= 11 is 0. The number of likely N-dealkylation sites (tertiary alicyclic amines) is 1. The molecule has 1 aliphatic heterocycles. The van der Waals surface area contributed by atoms with Crippen LogP contribution in [0.1, 0.15) is 66.2 Å². The molecule has 0 aromatic heterocycles. The Labute approximate surface area is 136 Å². The lowest BCUT2D eigenvalue weighted by Gasteiger charge is -2.24. The van der Waals surface area contributed by atoms with Crippen molar-refractivity contribution in [2.45, 2.75) is 77.9 Å². The van der Waals surface area contributed by atoms with E-state index >= 15 is 0 Å². The van der Waals surface area contributed by atoms with Crippen molar-refractivity contribution in [2.75, 3.05) is 19.6 Å². The Morgan fingerprint density at radius 2 is 1.95 bits per heavy atom. The number of ether oxygens (including phenoxy) is 1. The first-order valence-corrected chi connectivity index (χ1v) is 9.05. The molecule has 2 aliphatic rings. The monoisotopic (exact) mass is 310 g/mol. The minimum absolute atomic E-state index is 0.154. The largest absolute Gasteiger partial charge is 0.444 e. The molecule has 1 amide bonds. The molecule has 2 rings (SSSR count). The lowest BCUT2D eigenvalue weighted by atomic mass is 10.0. The van der Waals surface area contributed by atoms with Gasteiger partial charge in [0, 0.05) is 19.1 Å². The smallest absolute Gasteiger partial charge is 0.410 e. The van der Waals surface area contributed by atoms with Gasteiger partial charge in [0.1, 0.15) is 5.60 Å². The predicted octanol–water partition coefficient (Wildman–Crippen LogP) is 3.80. The Morgan fingerprint density at radius 3 is 2.68 bits per heavy atom. The molecule has 3 atom stereocenters. The topological polar surface area (TPSA) is 41.6 Å². The number of carbonyl (C=O) groups excluding carboxylic acids is 1. The van der Waals surface area contributed by atoms with Crippen LogP contribution in [0.4, 0.5) is 4.79 Å². The van der Waals surface area contributed by atoms with Crippen LogP contribution in [0.2, 0.25) is 0 Å². The van der Waals surface area contributed by atoms with Crippen LogP contribution in [0.15, 0.2) is 0 Å². The number of rotatable bonds is 3. The second-order valence-corrected chi connectivity index (χ2v) is 8.30. The summed E-state index contributed by atoms with van der Waals surface area (Å²) in [7, 11) is 0. The molecular weight excluding hydrogens is 276 g/mol. The van der Waals surface area contributed by atoms with Gasteiger partial charge >= 0.3 is 6.09 Å². The molecule has 1 saturated heterocycles. The van der Waals surface area contributed by atoms with Crippen LogP contribution in [0.3, 0.4) is 0 Å². The maximum absolute atomic E-state index is 12.1. The Morgan fingerprint density at radius 1 is 1.18 bits per heavy atom. The molecule has 1 N–H and O–H groups in total. The standard InChI is InChI=1S/C18H34N2O2/c1-14-6-5-7-16(9-8-14)19-12-15-10-11-20(13-15)17(21)22-18(2,3)4/h14-16,19H,5-13H2,1-4H3. The fourth-order valence-electron chi connectivity index (χ4n) is 3.52. The van der Waals surface area contributed by atoms with Crippen molar-refractivity contribution in [3.8, 4) is 0 Å². The summed E-state index contributed by atoms with van der Waals surface area (Å²) in [6.45, 7) is 10.9. The summed E-state index contributed by atoms with van der Waals surface area (Å²) in [4.78, 5) is 13.9. The second-order valence-electron chi connectivity index (χ2n) is 8.30. The Bertz CT molecular complexity index is 365. The number of hydrogen-bond acceptors (Lipinski definition) is 3. The highest BCUT2D eigenvalue weighted by Gasteiger charge is 2.30. The average Bonchev–Trinajstić information content (AvgIpc) is 2.79. The fraction of sp³-hybridized carbons (Fsp3) is 0.944. The molecular formula is C18H34N2O2. The number of amides is 1. The van der Waals surface area contributed by atoms with Crippen molar-refractivity contribution in [3.05, 3.63) is 0 Å². The lowest BCUT2D eigenvalue weighted by molar-refractivity contribution is 0.0288. The van der Waals surface area contributed by atoms with Crippen LogP contribution in [0.25, 0.3) is 0 Å². The second kappa shape index (κ2) is 7.67. The molecule has 4 heteroatoms. The van der Waals surface area contributed by atoms with Gasteiger partial charge in [0.05, 0.1) is 0 Å². The highest BCUT2D eigenvalue weighted by Crippen LogP contribution is 2.24. The molecule has 3 unspecified atom stereocenters. The van der Waals surface area contributed by atoms with Crippen LogP contribution in [-0.4, -0.2) is 42.3 Å². The minimum Gasteiger partial charge on any atom is -0.444 e. The molecule has 2 fully saturated rings. The van der Waals surface area contributed by atoms with E-state index in [1.807, 2.05) is 25.7 Å². The lowest BCUT2D eigenvalue weighted by Crippen LogP contribution is -2.37. The first-order valence-electron chi connectivity index (χ1n) is 9.05. The van der Waals surface area contributed by atoms with Crippen LogP contribution in [0, 0.1) is 11.8 Å². The third-order valence-electron chi connectivity index (χ3n) is 4.89. The van der Waals surface area contributed by atoms with E-state index in [9.17, 15) is 4.79 Å². The van der Waals surface area contributed by atoms with Crippen LogP contribution >= 0.6 is 0 Å². The maximum atomic E-state index is 12.1. The average molecular weight is 310 g/mol. The van der Waals surface area contributed by atoms with E-state index < -0.39 is 5.60 Å². The Balaban J connectivity index is 1.69. The number of nitrogens with zero attached hydrogens (tertiary/aromatic N) is 1. The summed E-state index contributed by atoms with van der Waals surface area (Å²) in [6.07, 6.45) is 7.65. The highest BCUT2D eigenvalue weighted by atomic mass is 16.6. The van der Waals surface area contributed by atoms with Crippen LogP contribution in [-0.2, 0) is 4.74 Å². The van der Waals surface area contributed by atoms with Gasteiger partial charge in [-0.2, -0.15) is 0 Å². The van der Waals surface area contributed by atoms with Gasteiger partial charge < -0.3 is 15.0 Å². The molecule has 128 valence electrons. The first kappa shape index (κ1) is 17.6. The fourth-order valence-corrected chi connectivity index (χ4v) is 3.52. The van der Waals surface area contributed by atoms with E-state index in [0.717, 1.165) is 32.0 Å². The molecule has 1 saturated carbocycles. The summed E-state index contributed by atoms with van der Waals surface area (Å²) in [6, 6.07) is 0.681. The first-order chi connectivity index (χ1) is 10.3. The maximum Gasteiger partial charge on any atom is 0.410 e. The van der Waals surface area contributed by atoms with Crippen molar-refractivity contribution in [3.63, 3.8) is 0 Å². The summed E-state index contributed by atoms with van der Waals surface area (Å²) in [5.41, 5.74) is -0.398. The van der Waals surface area contributed by atoms with E-state index in [1.165, 1.54) is 32.1 Å². The molecule has 1 aliphatic carbocycles. The van der Waals surface area contributed by atoms with Gasteiger partial charge in [-0.05, 0) is 64.8 Å². The van der Waals surface area contributed by atoms with E-state index in [-0.39, 0.29) is 6.09 Å². The van der Waals surface area contributed by atoms with Crippen molar-refractivity contribution in [2.24, 2.45) is 11.8 Å². The van der Waals surface area contributed by atoms with Crippen LogP contribution < -0.4 is 5.32 Å². The number of hydrogen-bond donors (Lipinski definition) is 1. The molecule has 0 aromatic carbocycles. The molecule has 22 heavy (non-hydrogen) atoms. The molecule has 4 nitrogen and oxygen atoms in total. The van der Waals surface area contributed by atoms with Gasteiger partial charge in [-0.3, -0.25) is 0 Å². The van der Waals surface area contributed by atoms with Gasteiger partial charge in [-0.25, -0.2) is 4.79 Å². The molecule has 0 radical (unpaired) electrons. The van der Waals surface area contributed by atoms with Crippen molar-refractivity contribution < 1.29 is 9.53 Å². The normalized spacial score (nSPS) is 30.2. The summed E-state index contributed by atoms with van der Waals surface area (Å²) < 4.78 is 5.46. The van der Waals surface area contributed by atoms with E-state index in [4.69, 9.17) is 4.74 Å². The minimum atomic E-state index is -0.398. The van der Waals surface area contributed by atoms with E-state index in [1.54, 1.807) is 0 Å². The number of carbonyl (C=O) groups is 1. The van der Waals surface area contributed by atoms with Gasteiger partial charge in [0.25, 0.3) is 0 Å². The zero-order chi connectivity index (χ0) is 16.2. The summed E-state index contributed by atoms with van der Waals surface area (Å²) in [5.74, 6) is 1.47. The van der Waals surface area contributed by atoms with Gasteiger partial charge in [0.15, 0.2) is 0 Å². The van der Waals surface area contributed by atoms with E-state index in [0.29, 0.717) is 12.0 Å². The van der Waals surface area contributed by atoms with Gasteiger partial charge in [-0.15, -0.1) is 0 Å². The Kier molecular flexibility index (Phi) is 6.13. The van der Waals surface area contributed by atoms with Crippen molar-refractivity contribution >= 4 is 6.09 Å². The van der Waals surface area contributed by atoms with Gasteiger partial charge in [-0.1, -0.05) is 19.8 Å². The van der Waals surface area contributed by atoms with Crippen molar-refractivity contribution in [1.82, 2.24) is 10.2 Å². The molecule has 0 aromatic rings. The number of nitrogens with one attached hydrogen (secondary N) is 1. The Hall–Kier alpha value is -0.770. The quantitative estimate of drug-likeness (QED) is 0.806. The van der Waals surface area contributed by atoms with Gasteiger partial charge in [0.2, 0.25) is 0 Å². The SMILES string of the molecule is CC1CCCC(NCC2CCN(C(=O)OC(C)(C)C)C2)CC1. The molecule has 0 spiro atoms. The summed E-state index contributed by atoms with van der Waals surface area (Å²) in [5, 5.41) is 3.75.